The minimum Gasteiger partial charge on any atom is -0.452 e. The van der Waals surface area contributed by atoms with E-state index in [0.717, 1.165) is 22.4 Å². The van der Waals surface area contributed by atoms with Gasteiger partial charge in [0.15, 0.2) is 18.8 Å². The summed E-state index contributed by atoms with van der Waals surface area (Å²) in [7, 11) is 0. The third-order valence-electron chi connectivity index (χ3n) is 6.00. The van der Waals surface area contributed by atoms with Crippen LogP contribution in [0.5, 0.6) is 0 Å². The maximum atomic E-state index is 12.5. The van der Waals surface area contributed by atoms with E-state index in [2.05, 4.69) is 10.3 Å². The molecule has 1 aliphatic heterocycles. The monoisotopic (exact) mass is 476 g/mol. The second-order valence-electron chi connectivity index (χ2n) is 8.49. The number of esters is 1. The van der Waals surface area contributed by atoms with E-state index in [4.69, 9.17) is 9.15 Å². The van der Waals surface area contributed by atoms with Gasteiger partial charge in [-0.25, -0.2) is 9.78 Å². The molecule has 0 saturated carbocycles. The van der Waals surface area contributed by atoms with Crippen LogP contribution >= 0.6 is 0 Å². The van der Waals surface area contributed by atoms with Gasteiger partial charge >= 0.3 is 5.97 Å². The Hall–Kier alpha value is -3.98. The van der Waals surface area contributed by atoms with Crippen molar-refractivity contribution in [1.82, 2.24) is 14.8 Å². The molecule has 0 unspecified atom stereocenters. The van der Waals surface area contributed by atoms with E-state index in [1.165, 1.54) is 6.39 Å². The average Bonchev–Trinajstić information content (AvgIpc) is 3.40. The summed E-state index contributed by atoms with van der Waals surface area (Å²) in [6.07, 6.45) is 2.92. The molecule has 35 heavy (non-hydrogen) atoms. The van der Waals surface area contributed by atoms with Crippen LogP contribution in [0.2, 0.25) is 0 Å². The zero-order chi connectivity index (χ0) is 24.8. The number of hydrogen-bond donors (Lipinski definition) is 1. The second kappa shape index (κ2) is 11.0. The summed E-state index contributed by atoms with van der Waals surface area (Å²) in [6, 6.07) is 12.6. The summed E-state index contributed by atoms with van der Waals surface area (Å²) in [6.45, 7) is 5.95. The minimum absolute atomic E-state index is 0.0783. The summed E-state index contributed by atoms with van der Waals surface area (Å²) in [5.74, 6) is -0.298. The molecule has 4 rings (SSSR count). The van der Waals surface area contributed by atoms with Gasteiger partial charge < -0.3 is 19.4 Å². The Kier molecular flexibility index (Phi) is 7.57. The molecule has 9 heteroatoms. The van der Waals surface area contributed by atoms with Crippen LogP contribution < -0.4 is 5.32 Å². The Morgan fingerprint density at radius 3 is 2.31 bits per heavy atom. The Balaban J connectivity index is 1.20. The molecule has 0 bridgehead atoms. The predicted octanol–water partition coefficient (Wildman–Crippen LogP) is 2.90. The van der Waals surface area contributed by atoms with Crippen LogP contribution in [0.1, 0.15) is 21.5 Å². The van der Waals surface area contributed by atoms with Gasteiger partial charge in [0.1, 0.15) is 0 Å². The molecule has 0 radical (unpaired) electrons. The Bertz CT molecular complexity index is 1160. The first kappa shape index (κ1) is 24.2. The molecular weight excluding hydrogens is 448 g/mol. The Labute approximate surface area is 203 Å². The number of oxazole rings is 1. The lowest BCUT2D eigenvalue weighted by Gasteiger charge is -2.34. The number of nitrogens with one attached hydrogen (secondary N) is 1. The van der Waals surface area contributed by atoms with Crippen molar-refractivity contribution in [1.29, 1.82) is 0 Å². The maximum Gasteiger partial charge on any atom is 0.338 e. The first-order valence-electron chi connectivity index (χ1n) is 11.4. The number of aromatic nitrogens is 1. The molecule has 3 aromatic rings. The molecule has 0 aliphatic carbocycles. The largest absolute Gasteiger partial charge is 0.452 e. The van der Waals surface area contributed by atoms with Crippen molar-refractivity contribution in [2.24, 2.45) is 0 Å². The van der Waals surface area contributed by atoms with Crippen LogP contribution in [0, 0.1) is 13.8 Å². The molecule has 2 aromatic carbocycles. The van der Waals surface area contributed by atoms with Crippen molar-refractivity contribution in [2.45, 2.75) is 13.8 Å². The van der Waals surface area contributed by atoms with Crippen molar-refractivity contribution < 1.29 is 23.5 Å². The number of ether oxygens (including phenoxy) is 1. The molecule has 2 amide bonds. The first-order chi connectivity index (χ1) is 16.9. The Morgan fingerprint density at radius 2 is 1.69 bits per heavy atom. The lowest BCUT2D eigenvalue weighted by Crippen LogP contribution is -2.51. The summed E-state index contributed by atoms with van der Waals surface area (Å²) >= 11 is 0. The molecular formula is C26H28N4O5. The van der Waals surface area contributed by atoms with Crippen LogP contribution in [0.25, 0.3) is 11.3 Å². The molecule has 182 valence electrons. The van der Waals surface area contributed by atoms with Gasteiger partial charge in [-0.1, -0.05) is 30.3 Å². The third-order valence-corrected chi connectivity index (χ3v) is 6.00. The first-order valence-corrected chi connectivity index (χ1v) is 11.4. The summed E-state index contributed by atoms with van der Waals surface area (Å²) in [5.41, 5.74) is 4.03. The highest BCUT2D eigenvalue weighted by atomic mass is 16.5. The second-order valence-corrected chi connectivity index (χ2v) is 8.49. The predicted molar refractivity (Wildman–Crippen MR) is 130 cm³/mol. The number of benzene rings is 2. The van der Waals surface area contributed by atoms with E-state index < -0.39 is 5.97 Å². The van der Waals surface area contributed by atoms with E-state index in [9.17, 15) is 14.4 Å². The van der Waals surface area contributed by atoms with Crippen molar-refractivity contribution in [3.05, 3.63) is 71.7 Å². The number of carbonyl (C=O) groups is 3. The molecule has 1 aromatic heterocycles. The highest BCUT2D eigenvalue weighted by Crippen LogP contribution is 2.20. The van der Waals surface area contributed by atoms with Gasteiger partial charge in [-0.3, -0.25) is 14.5 Å². The summed E-state index contributed by atoms with van der Waals surface area (Å²) in [4.78, 5) is 44.9. The number of rotatable bonds is 7. The van der Waals surface area contributed by atoms with E-state index in [0.29, 0.717) is 37.5 Å². The van der Waals surface area contributed by atoms with Gasteiger partial charge in [0.05, 0.1) is 18.3 Å². The SMILES string of the molecule is Cc1cccc(C)c1NC(=O)CN1CCN(C(=O)COC(=O)c2ccc(-c3cnco3)cc2)CC1. The Morgan fingerprint density at radius 1 is 1.00 bits per heavy atom. The summed E-state index contributed by atoms with van der Waals surface area (Å²) in [5, 5.41) is 2.99. The fraction of sp³-hybridized carbons (Fsp3) is 0.308. The minimum atomic E-state index is -0.565. The number of amides is 2. The fourth-order valence-corrected chi connectivity index (χ4v) is 3.98. The zero-order valence-corrected chi connectivity index (χ0v) is 19.8. The van der Waals surface area contributed by atoms with Gasteiger partial charge in [-0.05, 0) is 37.1 Å². The third kappa shape index (κ3) is 6.13. The standard InChI is InChI=1S/C26H28N4O5/c1-18-4-3-5-19(2)25(18)28-23(31)15-29-10-12-30(13-11-29)24(32)16-34-26(33)21-8-6-20(7-9-21)22-14-27-17-35-22/h3-9,14,17H,10-13,15-16H2,1-2H3,(H,28,31). The molecule has 1 fully saturated rings. The molecule has 2 heterocycles. The number of nitrogens with zero attached hydrogens (tertiary/aromatic N) is 3. The fourth-order valence-electron chi connectivity index (χ4n) is 3.98. The quantitative estimate of drug-likeness (QED) is 0.523. The molecule has 0 spiro atoms. The van der Waals surface area contributed by atoms with Gasteiger partial charge in [0.25, 0.3) is 5.91 Å². The molecule has 1 N–H and O–H groups in total. The molecule has 1 aliphatic rings. The van der Waals surface area contributed by atoms with E-state index in [1.54, 1.807) is 35.4 Å². The summed E-state index contributed by atoms with van der Waals surface area (Å²) < 4.78 is 10.4. The number of piperazine rings is 1. The molecule has 1 saturated heterocycles. The lowest BCUT2D eigenvalue weighted by atomic mass is 10.1. The van der Waals surface area contributed by atoms with Crippen LogP contribution in [0.15, 0.2) is 59.5 Å². The van der Waals surface area contributed by atoms with E-state index in [-0.39, 0.29) is 25.0 Å². The number of para-hydroxylation sites is 1. The van der Waals surface area contributed by atoms with Crippen molar-refractivity contribution >= 4 is 23.5 Å². The highest BCUT2D eigenvalue weighted by molar-refractivity contribution is 5.94. The number of aryl methyl sites for hydroxylation is 2. The topological polar surface area (TPSA) is 105 Å². The molecule has 0 atom stereocenters. The highest BCUT2D eigenvalue weighted by Gasteiger charge is 2.23. The number of hydrogen-bond acceptors (Lipinski definition) is 7. The van der Waals surface area contributed by atoms with Crippen LogP contribution in [-0.4, -0.2) is 71.9 Å². The normalized spacial score (nSPS) is 13.9. The van der Waals surface area contributed by atoms with E-state index >= 15 is 0 Å². The van der Waals surface area contributed by atoms with Crippen molar-refractivity contribution in [3.63, 3.8) is 0 Å². The van der Waals surface area contributed by atoms with Gasteiger partial charge in [-0.15, -0.1) is 0 Å². The molecule has 9 nitrogen and oxygen atoms in total. The maximum absolute atomic E-state index is 12.5. The zero-order valence-electron chi connectivity index (χ0n) is 19.8. The van der Waals surface area contributed by atoms with Crippen LogP contribution in [0.3, 0.4) is 0 Å². The van der Waals surface area contributed by atoms with E-state index in [1.807, 2.05) is 36.9 Å². The van der Waals surface area contributed by atoms with Gasteiger partial charge in [0.2, 0.25) is 5.91 Å². The van der Waals surface area contributed by atoms with Gasteiger partial charge in [-0.2, -0.15) is 0 Å². The van der Waals surface area contributed by atoms with Crippen LogP contribution in [-0.2, 0) is 14.3 Å². The van der Waals surface area contributed by atoms with Crippen molar-refractivity contribution in [3.8, 4) is 11.3 Å². The lowest BCUT2D eigenvalue weighted by molar-refractivity contribution is -0.136. The van der Waals surface area contributed by atoms with Crippen molar-refractivity contribution in [2.75, 3.05) is 44.6 Å². The number of carbonyl (C=O) groups excluding carboxylic acids is 3. The smallest absolute Gasteiger partial charge is 0.338 e. The average molecular weight is 477 g/mol. The van der Waals surface area contributed by atoms with Crippen LogP contribution in [0.4, 0.5) is 5.69 Å². The number of anilines is 1. The van der Waals surface area contributed by atoms with Gasteiger partial charge in [0, 0.05) is 37.4 Å².